The summed E-state index contributed by atoms with van der Waals surface area (Å²) in [4.78, 5) is 9.37. The summed E-state index contributed by atoms with van der Waals surface area (Å²) in [5.41, 5.74) is 9.33. The lowest BCUT2D eigenvalue weighted by Crippen LogP contribution is -2.34. The molecule has 0 amide bonds. The Bertz CT molecular complexity index is 964. The van der Waals surface area contributed by atoms with Gasteiger partial charge in [0.1, 0.15) is 0 Å². The van der Waals surface area contributed by atoms with E-state index in [-0.39, 0.29) is 5.92 Å². The van der Waals surface area contributed by atoms with E-state index in [4.69, 9.17) is 14.8 Å². The molecule has 7 heteroatoms. The van der Waals surface area contributed by atoms with Crippen LogP contribution in [0, 0.1) is 0 Å². The average Bonchev–Trinajstić information content (AvgIpc) is 3.02. The largest absolute Gasteiger partial charge is 0.335 e. The first-order valence-corrected chi connectivity index (χ1v) is 9.49. The monoisotopic (exact) mass is 353 g/mol. The Labute approximate surface area is 151 Å². The number of fused-ring (bicyclic) bond motifs is 1. The Morgan fingerprint density at radius 3 is 2.58 bits per heavy atom. The van der Waals surface area contributed by atoms with Gasteiger partial charge in [-0.3, -0.25) is 0 Å². The highest BCUT2D eigenvalue weighted by Gasteiger charge is 2.37. The van der Waals surface area contributed by atoms with Crippen molar-refractivity contribution in [3.63, 3.8) is 0 Å². The summed E-state index contributed by atoms with van der Waals surface area (Å²) in [5, 5.41) is 9.34. The van der Waals surface area contributed by atoms with Crippen LogP contribution in [0.5, 0.6) is 0 Å². The van der Waals surface area contributed by atoms with Crippen LogP contribution in [0.4, 0.5) is 0 Å². The predicted molar refractivity (Wildman–Crippen MR) is 95.5 cm³/mol. The third kappa shape index (κ3) is 2.45. The molecule has 2 fully saturated rings. The van der Waals surface area contributed by atoms with Crippen LogP contribution in [0.25, 0.3) is 22.6 Å². The molecule has 3 heterocycles. The van der Waals surface area contributed by atoms with Crippen LogP contribution in [0.2, 0.25) is 0 Å². The van der Waals surface area contributed by atoms with Crippen LogP contribution < -0.4 is 5.73 Å². The maximum atomic E-state index is 6.50. The Morgan fingerprint density at radius 2 is 1.88 bits per heavy atom. The second-order valence-electron chi connectivity index (χ2n) is 8.06. The van der Waals surface area contributed by atoms with E-state index in [1.54, 1.807) is 0 Å². The van der Waals surface area contributed by atoms with Gasteiger partial charge in [0, 0.05) is 11.6 Å². The fourth-order valence-electron chi connectivity index (χ4n) is 3.91. The molecule has 3 aromatic heterocycles. The van der Waals surface area contributed by atoms with Gasteiger partial charge in [0.25, 0.3) is 11.6 Å². The van der Waals surface area contributed by atoms with E-state index >= 15 is 0 Å². The van der Waals surface area contributed by atoms with Crippen LogP contribution in [0.3, 0.4) is 0 Å². The van der Waals surface area contributed by atoms with Crippen molar-refractivity contribution < 1.29 is 9.05 Å². The molecule has 0 atom stereocenters. The fourth-order valence-corrected chi connectivity index (χ4v) is 3.91. The van der Waals surface area contributed by atoms with Crippen molar-refractivity contribution in [1.82, 2.24) is 20.3 Å². The number of aromatic nitrogens is 4. The predicted octanol–water partition coefficient (Wildman–Crippen LogP) is 4.00. The van der Waals surface area contributed by atoms with Gasteiger partial charge in [-0.25, -0.2) is 4.98 Å². The van der Waals surface area contributed by atoms with E-state index in [9.17, 15) is 0 Å². The summed E-state index contributed by atoms with van der Waals surface area (Å²) < 4.78 is 11.2. The lowest BCUT2D eigenvalue weighted by molar-refractivity contribution is 0.373. The molecule has 0 spiro atoms. The molecular formula is C19H23N5O2. The summed E-state index contributed by atoms with van der Waals surface area (Å²) in [7, 11) is 0. The third-order valence-corrected chi connectivity index (χ3v) is 5.63. The third-order valence-electron chi connectivity index (χ3n) is 5.63. The molecule has 7 nitrogen and oxygen atoms in total. The zero-order valence-electron chi connectivity index (χ0n) is 15.2. The zero-order chi connectivity index (χ0) is 17.9. The molecule has 0 bridgehead atoms. The Hall–Kier alpha value is -2.28. The zero-order valence-corrected chi connectivity index (χ0v) is 15.2. The minimum Gasteiger partial charge on any atom is -0.335 e. The van der Waals surface area contributed by atoms with Crippen LogP contribution >= 0.6 is 0 Å². The number of pyridine rings is 1. The minimum atomic E-state index is -0.470. The lowest BCUT2D eigenvalue weighted by atomic mass is 9.98. The molecule has 0 aromatic carbocycles. The summed E-state index contributed by atoms with van der Waals surface area (Å²) in [5.74, 6) is 1.78. The van der Waals surface area contributed by atoms with Gasteiger partial charge < -0.3 is 14.8 Å². The summed E-state index contributed by atoms with van der Waals surface area (Å²) in [6.07, 6.45) is 6.32. The molecule has 0 radical (unpaired) electrons. The van der Waals surface area contributed by atoms with Gasteiger partial charge in [0.05, 0.1) is 22.2 Å². The summed E-state index contributed by atoms with van der Waals surface area (Å²) in [6.45, 7) is 4.17. The van der Waals surface area contributed by atoms with Crippen molar-refractivity contribution in [2.24, 2.45) is 5.73 Å². The van der Waals surface area contributed by atoms with Gasteiger partial charge in [-0.1, -0.05) is 37.0 Å². The first-order chi connectivity index (χ1) is 12.5. The number of hydrogen-bond acceptors (Lipinski definition) is 7. The van der Waals surface area contributed by atoms with Gasteiger partial charge in [-0.15, -0.1) is 0 Å². The van der Waals surface area contributed by atoms with Crippen LogP contribution in [0.1, 0.15) is 81.4 Å². The number of hydrogen-bond donors (Lipinski definition) is 1. The lowest BCUT2D eigenvalue weighted by Gasteiger charge is -2.17. The molecule has 3 aromatic rings. The van der Waals surface area contributed by atoms with E-state index in [1.807, 2.05) is 0 Å². The van der Waals surface area contributed by atoms with E-state index in [2.05, 4.69) is 40.2 Å². The van der Waals surface area contributed by atoms with E-state index in [0.717, 1.165) is 60.9 Å². The summed E-state index contributed by atoms with van der Waals surface area (Å²) in [6, 6.07) is 2.07. The molecule has 136 valence electrons. The second kappa shape index (κ2) is 5.61. The van der Waals surface area contributed by atoms with E-state index in [1.165, 1.54) is 0 Å². The van der Waals surface area contributed by atoms with E-state index in [0.29, 0.717) is 23.3 Å². The number of nitrogens with zero attached hydrogens (tertiary/aromatic N) is 4. The first kappa shape index (κ1) is 15.9. The maximum absolute atomic E-state index is 6.50. The van der Waals surface area contributed by atoms with Crippen molar-refractivity contribution >= 4 is 11.1 Å². The second-order valence-corrected chi connectivity index (χ2v) is 8.06. The first-order valence-electron chi connectivity index (χ1n) is 9.49. The SMILES string of the molecule is CC(C)c1noc2nc(C3CC3)cc(-c3nc(C4(N)CCCC4)no3)c12. The quantitative estimate of drug-likeness (QED) is 0.756. The summed E-state index contributed by atoms with van der Waals surface area (Å²) >= 11 is 0. The van der Waals surface area contributed by atoms with Gasteiger partial charge in [0.2, 0.25) is 0 Å². The molecule has 5 rings (SSSR count). The smallest absolute Gasteiger partial charge is 0.259 e. The highest BCUT2D eigenvalue weighted by Crippen LogP contribution is 2.43. The number of rotatable bonds is 4. The fraction of sp³-hybridized carbons (Fsp3) is 0.579. The Morgan fingerprint density at radius 1 is 1.12 bits per heavy atom. The Kier molecular flexibility index (Phi) is 3.44. The van der Waals surface area contributed by atoms with Crippen LogP contribution in [-0.4, -0.2) is 20.3 Å². The molecule has 0 saturated heterocycles. The van der Waals surface area contributed by atoms with Crippen LogP contribution in [-0.2, 0) is 5.54 Å². The standard InChI is InChI=1S/C19H23N5O2/c1-10(2)15-14-12(9-13(11-5-6-11)21-17(14)26-23-15)16-22-18(24-25-16)19(20)7-3-4-8-19/h9-11H,3-8,20H2,1-2H3. The topological polar surface area (TPSA) is 104 Å². The maximum Gasteiger partial charge on any atom is 0.259 e. The molecule has 2 saturated carbocycles. The number of nitrogens with two attached hydrogens (primary N) is 1. The van der Waals surface area contributed by atoms with E-state index < -0.39 is 5.54 Å². The van der Waals surface area contributed by atoms with Gasteiger partial charge >= 0.3 is 0 Å². The van der Waals surface area contributed by atoms with Gasteiger partial charge in [-0.05, 0) is 37.7 Å². The van der Waals surface area contributed by atoms with Crippen LogP contribution in [0.15, 0.2) is 15.1 Å². The van der Waals surface area contributed by atoms with Crippen molar-refractivity contribution in [2.75, 3.05) is 0 Å². The highest BCUT2D eigenvalue weighted by atomic mass is 16.5. The molecule has 0 unspecified atom stereocenters. The molecule has 26 heavy (non-hydrogen) atoms. The Balaban J connectivity index is 1.67. The van der Waals surface area contributed by atoms with Crippen molar-refractivity contribution in [2.45, 2.75) is 69.7 Å². The molecule has 2 N–H and O–H groups in total. The van der Waals surface area contributed by atoms with Crippen molar-refractivity contribution in [3.05, 3.63) is 23.3 Å². The minimum absolute atomic E-state index is 0.210. The van der Waals surface area contributed by atoms with Crippen molar-refractivity contribution in [3.8, 4) is 11.5 Å². The van der Waals surface area contributed by atoms with Gasteiger partial charge in [-0.2, -0.15) is 4.98 Å². The molecule has 0 aliphatic heterocycles. The average molecular weight is 353 g/mol. The molecule has 2 aliphatic carbocycles. The van der Waals surface area contributed by atoms with Crippen molar-refractivity contribution in [1.29, 1.82) is 0 Å². The highest BCUT2D eigenvalue weighted by molar-refractivity contribution is 5.92. The van der Waals surface area contributed by atoms with Gasteiger partial charge in [0.15, 0.2) is 5.82 Å². The molecular weight excluding hydrogens is 330 g/mol. The normalized spacial score (nSPS) is 19.7. The molecule has 2 aliphatic rings.